The van der Waals surface area contributed by atoms with E-state index in [9.17, 15) is 52.4 Å². The predicted molar refractivity (Wildman–Crippen MR) is 300 cm³/mol. The highest BCUT2D eigenvalue weighted by molar-refractivity contribution is 7.47. The summed E-state index contributed by atoms with van der Waals surface area (Å²) in [5, 5.41) is 12.9. The molecule has 4 aliphatic heterocycles. The monoisotopic (exact) mass is 1280 g/mol. The Labute approximate surface area is 503 Å². The lowest BCUT2D eigenvalue weighted by atomic mass is 10.0. The van der Waals surface area contributed by atoms with Gasteiger partial charge < -0.3 is 61.5 Å². The second-order valence-electron chi connectivity index (χ2n) is 20.6. The van der Waals surface area contributed by atoms with Gasteiger partial charge in [0.1, 0.15) is 74.6 Å². The minimum atomic E-state index is -4.97. The average molecular weight is 1290 g/mol. The Bertz CT molecular complexity index is 3560. The zero-order valence-corrected chi connectivity index (χ0v) is 49.3. The summed E-state index contributed by atoms with van der Waals surface area (Å²) in [5.41, 5.74) is 12.3. The molecule has 89 heavy (non-hydrogen) atoms. The Morgan fingerprint density at radius 1 is 0.888 bits per heavy atom. The highest BCUT2D eigenvalue weighted by Crippen LogP contribution is 2.51. The summed E-state index contributed by atoms with van der Waals surface area (Å²) in [7, 11) is -6.63. The Morgan fingerprint density at radius 2 is 1.60 bits per heavy atom. The van der Waals surface area contributed by atoms with Crippen molar-refractivity contribution in [2.75, 3.05) is 62.9 Å². The number of benzene rings is 1. The van der Waals surface area contributed by atoms with Crippen LogP contribution in [-0.2, 0) is 76.8 Å². The standard InChI is InChI=1S/C50H60FN17O19P2/c1-25(2)37(63-32(69)12-14-66-33(70)10-11-34(66)71)46(73)62-28(5-4-13-54-48(53)74)45(72)61-27-8-6-26(7-9-27)18-81-50(76)65(3)15-16-80-49(75)64-42-39-44(58-22-56-42)67(23-60-39)35-17-29-30(84-35)19-82-88(77)86-40-31(20-83-89(78,79)87-29)85-47(36(40)51)68-24-59-38-41(52)55-21-57-43(38)68/h6-11,21-25,28-31,35-37,40,47H,4-5,12-20H2,1-3H3,(H9-,52,53,54,55,56,57,58,61,62,63,64,69,72,73,74,75,78,79)/p+1/t28-,29-,30+,31+,35+,36+,37-,40+,47+/m0/s1. The van der Waals surface area contributed by atoms with Crippen molar-refractivity contribution in [1.29, 1.82) is 0 Å². The number of nitrogens with two attached hydrogens (primary N) is 2. The van der Waals surface area contributed by atoms with Gasteiger partial charge in [0.25, 0.3) is 11.8 Å². The lowest BCUT2D eigenvalue weighted by Crippen LogP contribution is -2.54. The molecule has 1 aromatic carbocycles. The molecule has 0 aliphatic carbocycles. The number of nitrogens with one attached hydrogen (secondary N) is 5. The van der Waals surface area contributed by atoms with Crippen molar-refractivity contribution in [2.45, 2.75) is 101 Å². The van der Waals surface area contributed by atoms with Crippen molar-refractivity contribution < 1.29 is 93.8 Å². The maximum atomic E-state index is 16.1. The van der Waals surface area contributed by atoms with E-state index < -0.39 is 138 Å². The molecule has 36 nitrogen and oxygen atoms in total. The van der Waals surface area contributed by atoms with E-state index in [0.29, 0.717) is 11.3 Å². The number of hydrogen-bond acceptors (Lipinski definition) is 25. The fourth-order valence-corrected chi connectivity index (χ4v) is 11.3. The maximum absolute atomic E-state index is 16.1. The van der Waals surface area contributed by atoms with E-state index in [-0.39, 0.29) is 92.5 Å². The number of primary amides is 1. The number of ether oxygens (including phenoxy) is 4. The van der Waals surface area contributed by atoms with E-state index in [2.05, 4.69) is 56.5 Å². The number of amides is 9. The number of likely N-dealkylation sites (N-methyl/N-ethyl adjacent to an activating group) is 1. The van der Waals surface area contributed by atoms with E-state index in [1.807, 2.05) is 0 Å². The lowest BCUT2D eigenvalue weighted by Gasteiger charge is -2.25. The van der Waals surface area contributed by atoms with Gasteiger partial charge in [-0.25, -0.2) is 53.2 Å². The molecule has 5 aromatic rings. The Morgan fingerprint density at radius 3 is 2.33 bits per heavy atom. The molecule has 0 saturated carbocycles. The number of imide groups is 1. The summed E-state index contributed by atoms with van der Waals surface area (Å²) in [5.74, 6) is -3.57. The first-order valence-electron chi connectivity index (χ1n) is 27.4. The Balaban J connectivity index is 0.722. The lowest BCUT2D eigenvalue weighted by molar-refractivity contribution is -0.137. The van der Waals surface area contributed by atoms with Crippen LogP contribution in [0.25, 0.3) is 22.3 Å². The van der Waals surface area contributed by atoms with Crippen molar-refractivity contribution >= 4 is 103 Å². The van der Waals surface area contributed by atoms with Crippen LogP contribution in [0.15, 0.2) is 61.7 Å². The molecule has 0 bridgehead atoms. The number of alkyl halides is 1. The number of hydrogen-bond donors (Lipinski definition) is 8. The number of carbonyl (C=O) groups excluding carboxylic acids is 8. The molecule has 11 atom stereocenters. The van der Waals surface area contributed by atoms with Gasteiger partial charge in [-0.2, -0.15) is 0 Å². The van der Waals surface area contributed by atoms with Crippen LogP contribution in [0.2, 0.25) is 0 Å². The number of nitrogens with zero attached hydrogens (tertiary/aromatic N) is 10. The molecule has 3 fully saturated rings. The van der Waals surface area contributed by atoms with Crippen LogP contribution in [0, 0.1) is 5.92 Å². The van der Waals surface area contributed by atoms with Gasteiger partial charge in [-0.15, -0.1) is 9.05 Å². The minimum Gasteiger partial charge on any atom is -0.447 e. The molecule has 0 spiro atoms. The number of carbonyl (C=O) groups is 8. The number of urea groups is 1. The zero-order chi connectivity index (χ0) is 63.7. The number of aromatic nitrogens is 8. The Kier molecular flexibility index (Phi) is 20.8. The summed E-state index contributed by atoms with van der Waals surface area (Å²) >= 11 is 0. The number of imidazole rings is 2. The summed E-state index contributed by atoms with van der Waals surface area (Å²) in [6.07, 6.45) is -4.99. The second kappa shape index (κ2) is 28.6. The summed E-state index contributed by atoms with van der Waals surface area (Å²) in [6, 6.07) is 3.17. The van der Waals surface area contributed by atoms with E-state index in [0.717, 1.165) is 34.6 Å². The highest BCUT2D eigenvalue weighted by atomic mass is 31.2. The number of anilines is 3. The molecule has 8 heterocycles. The minimum absolute atomic E-state index is 0.0222. The van der Waals surface area contributed by atoms with Gasteiger partial charge in [0, 0.05) is 55.4 Å². The predicted octanol–water partition coefficient (Wildman–Crippen LogP) is 1.49. The molecule has 0 radical (unpaired) electrons. The van der Waals surface area contributed by atoms with Crippen LogP contribution < -0.4 is 38.1 Å². The van der Waals surface area contributed by atoms with Gasteiger partial charge in [-0.05, 0) is 36.5 Å². The van der Waals surface area contributed by atoms with Crippen LogP contribution in [0.4, 0.5) is 36.1 Å². The molecule has 476 valence electrons. The first-order valence-corrected chi connectivity index (χ1v) is 30.0. The summed E-state index contributed by atoms with van der Waals surface area (Å²) < 4.78 is 89.7. The van der Waals surface area contributed by atoms with Gasteiger partial charge in [0.2, 0.25) is 17.7 Å². The molecule has 2 unspecified atom stereocenters. The number of halogens is 1. The fourth-order valence-electron chi connectivity index (χ4n) is 9.52. The smallest absolute Gasteiger partial charge is 0.447 e. The second-order valence-corrected chi connectivity index (χ2v) is 22.9. The van der Waals surface area contributed by atoms with Crippen LogP contribution in [-0.4, -0.2) is 191 Å². The summed E-state index contributed by atoms with van der Waals surface area (Å²) in [4.78, 5) is 139. The Hall–Kier alpha value is -8.80. The first-order chi connectivity index (χ1) is 42.5. The number of phosphoric ester groups is 1. The van der Waals surface area contributed by atoms with Gasteiger partial charge in [-0.3, -0.25) is 52.4 Å². The zero-order valence-electron chi connectivity index (χ0n) is 47.5. The molecule has 10 N–H and O–H groups in total. The van der Waals surface area contributed by atoms with E-state index in [1.54, 1.807) is 26.0 Å². The largest absolute Gasteiger partial charge is 0.697 e. The SMILES string of the molecule is CC(C)[C@H](NC(=O)CCN1C(=O)C=CC1=O)C(=O)N[C@@H](CCCNC(N)=O)C(=O)Nc1ccc(COC(=O)N(C)CCOC(=O)Nc2ncnc3c2ncn3[C@H]2C[C@@H]3OP(=O)(O)OC[C@H]4O[C@@H](n5cnc6c(N)ncnc65)[C@H](F)[C@@H]4O[P+](=O)OC[C@H]3O2)cc1. The van der Waals surface area contributed by atoms with E-state index in [1.165, 1.54) is 41.0 Å². The van der Waals surface area contributed by atoms with Crippen LogP contribution in [0.5, 0.6) is 0 Å². The van der Waals surface area contributed by atoms with E-state index >= 15 is 4.39 Å². The topological polar surface area (TPSA) is 471 Å². The molecule has 4 aliphatic rings. The van der Waals surface area contributed by atoms with Gasteiger partial charge in [0.15, 0.2) is 47.0 Å². The van der Waals surface area contributed by atoms with Crippen LogP contribution in [0.1, 0.15) is 57.6 Å². The third kappa shape index (κ3) is 16.1. The third-order valence-electron chi connectivity index (χ3n) is 14.1. The van der Waals surface area contributed by atoms with Crippen molar-refractivity contribution in [2.24, 2.45) is 11.7 Å². The normalized spacial score (nSPS) is 23.8. The van der Waals surface area contributed by atoms with Crippen molar-refractivity contribution in [3.05, 3.63) is 67.3 Å². The van der Waals surface area contributed by atoms with Gasteiger partial charge in [-0.1, -0.05) is 26.0 Å². The summed E-state index contributed by atoms with van der Waals surface area (Å²) in [6.45, 7) is 1.32. The average Bonchev–Trinajstić information content (AvgIpc) is 1.85. The maximum Gasteiger partial charge on any atom is 0.697 e. The number of fused-ring (bicyclic) bond motifs is 4. The third-order valence-corrected chi connectivity index (χ3v) is 15.9. The molecule has 3 saturated heterocycles. The van der Waals surface area contributed by atoms with Crippen molar-refractivity contribution in [1.82, 2.24) is 64.8 Å². The van der Waals surface area contributed by atoms with E-state index in [4.69, 9.17) is 48.5 Å². The molecular weight excluding hydrogens is 1220 g/mol. The molecule has 9 amide bonds. The molecular formula is C50H61FN17O19P2+. The molecule has 39 heteroatoms. The van der Waals surface area contributed by atoms with Gasteiger partial charge in [0.05, 0.1) is 25.8 Å². The van der Waals surface area contributed by atoms with Crippen molar-refractivity contribution in [3.63, 3.8) is 0 Å². The molecule has 9 rings (SSSR count). The highest BCUT2D eigenvalue weighted by Gasteiger charge is 2.54. The number of nitrogen functional groups attached to an aromatic ring is 1. The fraction of sp³-hybridized carbons (Fsp3) is 0.480. The first kappa shape index (κ1) is 64.7. The molecule has 4 aromatic heterocycles. The van der Waals surface area contributed by atoms with Gasteiger partial charge >= 0.3 is 34.3 Å². The number of rotatable bonds is 21. The number of phosphoric acid groups is 1. The van der Waals surface area contributed by atoms with Crippen molar-refractivity contribution in [3.8, 4) is 0 Å². The van der Waals surface area contributed by atoms with Crippen LogP contribution in [0.3, 0.4) is 0 Å². The van der Waals surface area contributed by atoms with Crippen LogP contribution >= 0.6 is 16.1 Å². The quantitative estimate of drug-likeness (QED) is 0.0293.